The zero-order valence-corrected chi connectivity index (χ0v) is 21.0. The summed E-state index contributed by atoms with van der Waals surface area (Å²) in [4.78, 5) is 16.6. The Kier molecular flexibility index (Phi) is 10.1. The van der Waals surface area contributed by atoms with Gasteiger partial charge in [-0.05, 0) is 36.6 Å². The van der Waals surface area contributed by atoms with Gasteiger partial charge in [-0.3, -0.25) is 4.79 Å². The number of aryl methyl sites for hydroxylation is 1. The third-order valence-electron chi connectivity index (χ3n) is 4.98. The van der Waals surface area contributed by atoms with Gasteiger partial charge in [0.25, 0.3) is 5.91 Å². The Morgan fingerprint density at radius 2 is 1.78 bits per heavy atom. The number of hydrogen-bond acceptors (Lipinski definition) is 4. The fraction of sp³-hybridized carbons (Fsp3) is 0.304. The lowest BCUT2D eigenvalue weighted by molar-refractivity contribution is 0.0963. The fourth-order valence-corrected chi connectivity index (χ4v) is 3.03. The molecular weight excluding hydrogens is 517 g/mol. The van der Waals surface area contributed by atoms with Crippen LogP contribution in [-0.2, 0) is 26.6 Å². The molecule has 3 aromatic rings. The first-order valence-electron chi connectivity index (χ1n) is 10.3. The molecule has 0 aliphatic heterocycles. The minimum atomic E-state index is -0.0828. The minimum Gasteiger partial charge on any atom is -0.356 e. The largest absolute Gasteiger partial charge is 0.356 e. The number of amides is 1. The van der Waals surface area contributed by atoms with Crippen LogP contribution in [0.5, 0.6) is 0 Å². The van der Waals surface area contributed by atoms with E-state index in [1.807, 2.05) is 61.0 Å². The summed E-state index contributed by atoms with van der Waals surface area (Å²) in [5.41, 5.74) is 2.88. The summed E-state index contributed by atoms with van der Waals surface area (Å²) in [5, 5.41) is 17.7. The molecule has 3 rings (SSSR count). The first kappa shape index (κ1) is 25.3. The zero-order valence-electron chi connectivity index (χ0n) is 18.6. The molecule has 1 amide bonds. The second-order valence-corrected chi connectivity index (χ2v) is 7.18. The number of aliphatic imine (C=N–C) groups is 1. The van der Waals surface area contributed by atoms with Crippen molar-refractivity contribution in [3.05, 3.63) is 82.9 Å². The normalized spacial score (nSPS) is 10.9. The first-order valence-corrected chi connectivity index (χ1v) is 10.3. The summed E-state index contributed by atoms with van der Waals surface area (Å²) in [6.07, 6.45) is 0.764. The number of carbonyl (C=O) groups is 1. The quantitative estimate of drug-likeness (QED) is 0.229. The van der Waals surface area contributed by atoms with Crippen molar-refractivity contribution in [1.82, 2.24) is 30.7 Å². The van der Waals surface area contributed by atoms with Crippen LogP contribution < -0.4 is 16.0 Å². The Balaban J connectivity index is 0.00000363. The molecule has 0 unspecified atom stereocenters. The van der Waals surface area contributed by atoms with E-state index >= 15 is 0 Å². The van der Waals surface area contributed by atoms with Gasteiger partial charge in [-0.15, -0.1) is 34.2 Å². The van der Waals surface area contributed by atoms with Crippen molar-refractivity contribution < 1.29 is 4.79 Å². The molecule has 0 radical (unpaired) electrons. The number of benzene rings is 2. The second-order valence-electron chi connectivity index (χ2n) is 7.18. The monoisotopic (exact) mass is 547 g/mol. The molecule has 0 spiro atoms. The summed E-state index contributed by atoms with van der Waals surface area (Å²) < 4.78 is 1.95. The zero-order chi connectivity index (χ0) is 22.1. The molecule has 3 N–H and O–H groups in total. The number of rotatable bonds is 8. The average Bonchev–Trinajstić information content (AvgIpc) is 3.13. The van der Waals surface area contributed by atoms with Crippen molar-refractivity contribution >= 4 is 35.8 Å². The lowest BCUT2D eigenvalue weighted by atomic mass is 10.1. The Labute approximate surface area is 206 Å². The maximum atomic E-state index is 11.8. The third kappa shape index (κ3) is 7.33. The first-order chi connectivity index (χ1) is 15.1. The van der Waals surface area contributed by atoms with Crippen LogP contribution in [0.3, 0.4) is 0 Å². The highest BCUT2D eigenvalue weighted by Crippen LogP contribution is 2.06. The molecule has 0 aliphatic rings. The van der Waals surface area contributed by atoms with Gasteiger partial charge in [-0.2, -0.15) is 0 Å². The van der Waals surface area contributed by atoms with Crippen LogP contribution in [0.1, 0.15) is 33.1 Å². The third-order valence-corrected chi connectivity index (χ3v) is 4.98. The van der Waals surface area contributed by atoms with Crippen molar-refractivity contribution in [3.8, 4) is 0 Å². The molecule has 0 saturated carbocycles. The maximum absolute atomic E-state index is 11.8. The molecule has 0 fully saturated rings. The molecule has 1 heterocycles. The smallest absolute Gasteiger partial charge is 0.251 e. The summed E-state index contributed by atoms with van der Waals surface area (Å²) in [6.45, 7) is 3.69. The number of nitrogens with one attached hydrogen (secondary N) is 3. The SMILES string of the molecule is CNC(=O)c1cccc(CCNC(=NCc2ccccc2)NCc2nnc(C)n2C)c1.I. The molecule has 0 saturated heterocycles. The summed E-state index contributed by atoms with van der Waals surface area (Å²) in [6, 6.07) is 17.8. The summed E-state index contributed by atoms with van der Waals surface area (Å²) in [7, 11) is 3.58. The minimum absolute atomic E-state index is 0. The molecule has 1 aromatic heterocycles. The van der Waals surface area contributed by atoms with Gasteiger partial charge in [0.1, 0.15) is 5.82 Å². The van der Waals surface area contributed by atoms with Gasteiger partial charge in [0.15, 0.2) is 11.8 Å². The van der Waals surface area contributed by atoms with E-state index in [1.54, 1.807) is 7.05 Å². The number of nitrogens with zero attached hydrogens (tertiary/aromatic N) is 4. The second kappa shape index (κ2) is 12.8. The van der Waals surface area contributed by atoms with E-state index in [0.29, 0.717) is 31.2 Å². The van der Waals surface area contributed by atoms with Crippen molar-refractivity contribution in [2.75, 3.05) is 13.6 Å². The number of guanidine groups is 1. The van der Waals surface area contributed by atoms with E-state index in [9.17, 15) is 4.79 Å². The van der Waals surface area contributed by atoms with Crippen molar-refractivity contribution in [1.29, 1.82) is 0 Å². The Bertz CT molecular complexity index is 1030. The average molecular weight is 547 g/mol. The van der Waals surface area contributed by atoms with E-state index in [-0.39, 0.29) is 29.9 Å². The summed E-state index contributed by atoms with van der Waals surface area (Å²) >= 11 is 0. The number of hydrogen-bond donors (Lipinski definition) is 3. The van der Waals surface area contributed by atoms with E-state index in [0.717, 1.165) is 29.2 Å². The number of carbonyl (C=O) groups excluding carboxylic acids is 1. The molecule has 0 atom stereocenters. The van der Waals surface area contributed by atoms with Crippen LogP contribution in [0.4, 0.5) is 0 Å². The van der Waals surface area contributed by atoms with Crippen LogP contribution in [0, 0.1) is 6.92 Å². The van der Waals surface area contributed by atoms with E-state index < -0.39 is 0 Å². The van der Waals surface area contributed by atoms with Crippen LogP contribution in [-0.4, -0.2) is 40.2 Å². The lowest BCUT2D eigenvalue weighted by Crippen LogP contribution is -2.38. The van der Waals surface area contributed by atoms with Gasteiger partial charge >= 0.3 is 0 Å². The Morgan fingerprint density at radius 3 is 2.47 bits per heavy atom. The van der Waals surface area contributed by atoms with Crippen LogP contribution in [0.2, 0.25) is 0 Å². The Hall–Kier alpha value is -2.95. The molecule has 0 aliphatic carbocycles. The highest BCUT2D eigenvalue weighted by molar-refractivity contribution is 14.0. The summed E-state index contributed by atoms with van der Waals surface area (Å²) in [5.74, 6) is 2.32. The highest BCUT2D eigenvalue weighted by atomic mass is 127. The van der Waals surface area contributed by atoms with Gasteiger partial charge in [-0.1, -0.05) is 42.5 Å². The fourth-order valence-electron chi connectivity index (χ4n) is 3.03. The van der Waals surface area contributed by atoms with Crippen molar-refractivity contribution in [2.24, 2.45) is 12.0 Å². The van der Waals surface area contributed by atoms with Crippen LogP contribution in [0.25, 0.3) is 0 Å². The molecule has 9 heteroatoms. The molecule has 2 aromatic carbocycles. The Morgan fingerprint density at radius 1 is 1.03 bits per heavy atom. The molecule has 32 heavy (non-hydrogen) atoms. The van der Waals surface area contributed by atoms with Crippen molar-refractivity contribution in [3.63, 3.8) is 0 Å². The predicted octanol–water partition coefficient (Wildman–Crippen LogP) is 2.58. The molecular formula is C23H30IN7O. The van der Waals surface area contributed by atoms with Gasteiger partial charge in [-0.25, -0.2) is 4.99 Å². The lowest BCUT2D eigenvalue weighted by Gasteiger charge is -2.13. The van der Waals surface area contributed by atoms with Gasteiger partial charge in [0.05, 0.1) is 13.1 Å². The molecule has 0 bridgehead atoms. The van der Waals surface area contributed by atoms with E-state index in [1.165, 1.54) is 0 Å². The standard InChI is InChI=1S/C23H29N7O.HI/c1-17-28-29-21(30(17)3)16-27-23(26-15-19-8-5-4-6-9-19)25-13-12-18-10-7-11-20(14-18)22(31)24-2;/h4-11,14H,12-13,15-16H2,1-3H3,(H,24,31)(H2,25,26,27);1H. The van der Waals surface area contributed by atoms with Crippen molar-refractivity contribution in [2.45, 2.75) is 26.4 Å². The number of aromatic nitrogens is 3. The molecule has 8 nitrogen and oxygen atoms in total. The topological polar surface area (TPSA) is 96.2 Å². The van der Waals surface area contributed by atoms with Gasteiger partial charge in [0.2, 0.25) is 0 Å². The number of halogens is 1. The van der Waals surface area contributed by atoms with Gasteiger partial charge < -0.3 is 20.5 Å². The van der Waals surface area contributed by atoms with E-state index in [4.69, 9.17) is 4.99 Å². The van der Waals surface area contributed by atoms with Crippen LogP contribution >= 0.6 is 24.0 Å². The highest BCUT2D eigenvalue weighted by Gasteiger charge is 2.07. The predicted molar refractivity (Wildman–Crippen MR) is 137 cm³/mol. The molecule has 170 valence electrons. The van der Waals surface area contributed by atoms with E-state index in [2.05, 4.69) is 38.3 Å². The van der Waals surface area contributed by atoms with Gasteiger partial charge in [0, 0.05) is 26.2 Å². The van der Waals surface area contributed by atoms with Crippen LogP contribution in [0.15, 0.2) is 59.6 Å². The maximum Gasteiger partial charge on any atom is 0.251 e.